The summed E-state index contributed by atoms with van der Waals surface area (Å²) >= 11 is 6.07. The molecule has 1 aromatic carbocycles. The van der Waals surface area contributed by atoms with Gasteiger partial charge in [0.25, 0.3) is 5.91 Å². The van der Waals surface area contributed by atoms with Gasteiger partial charge in [0.1, 0.15) is 12.6 Å². The molecule has 2 fully saturated rings. The summed E-state index contributed by atoms with van der Waals surface area (Å²) in [5.74, 6) is -0.185. The second kappa shape index (κ2) is 9.30. The highest BCUT2D eigenvalue weighted by atomic mass is 35.5. The van der Waals surface area contributed by atoms with Crippen molar-refractivity contribution in [3.8, 4) is 0 Å². The second-order valence-electron chi connectivity index (χ2n) is 7.64. The highest BCUT2D eigenvalue weighted by Gasteiger charge is 2.42. The molecule has 2 aromatic rings. The number of morpholine rings is 1. The average Bonchev–Trinajstić information content (AvgIpc) is 2.76. The lowest BCUT2D eigenvalue weighted by molar-refractivity contribution is -0.151. The molecule has 1 saturated carbocycles. The van der Waals surface area contributed by atoms with E-state index in [1.54, 1.807) is 35.5 Å². The van der Waals surface area contributed by atoms with Crippen molar-refractivity contribution in [2.24, 2.45) is 0 Å². The molecule has 0 radical (unpaired) electrons. The Hall–Kier alpha value is -2.86. The number of carbonyl (C=O) groups is 2. The molecular weight excluding hydrogens is 402 g/mol. The summed E-state index contributed by atoms with van der Waals surface area (Å²) in [5, 5.41) is 3.48. The van der Waals surface area contributed by atoms with Crippen LogP contribution in [0.25, 0.3) is 6.08 Å². The maximum atomic E-state index is 13.2. The van der Waals surface area contributed by atoms with Gasteiger partial charge in [-0.05, 0) is 54.7 Å². The molecular formula is C23H24ClN3O3. The summed E-state index contributed by atoms with van der Waals surface area (Å²) in [6, 6.07) is 10.9. The van der Waals surface area contributed by atoms with Gasteiger partial charge in [-0.15, -0.1) is 0 Å². The number of hydrogen-bond donors (Lipinski definition) is 1. The summed E-state index contributed by atoms with van der Waals surface area (Å²) in [6.45, 7) is 0.390. The van der Waals surface area contributed by atoms with Crippen molar-refractivity contribution in [2.45, 2.75) is 44.4 Å². The van der Waals surface area contributed by atoms with E-state index in [0.29, 0.717) is 11.6 Å². The minimum absolute atomic E-state index is 0.0104. The SMILES string of the molecule is O=C(CN1C(=O)/C(=C\c2cccc(Cl)c2)OC2CCCCC21)NCc1cccnc1. The van der Waals surface area contributed by atoms with Crippen LogP contribution in [0.3, 0.4) is 0 Å². The molecule has 1 aromatic heterocycles. The van der Waals surface area contributed by atoms with Gasteiger partial charge in [-0.1, -0.05) is 36.2 Å². The minimum Gasteiger partial charge on any atom is -0.482 e. The Kier molecular flexibility index (Phi) is 6.33. The van der Waals surface area contributed by atoms with Crippen LogP contribution in [-0.2, 0) is 20.9 Å². The summed E-state index contributed by atoms with van der Waals surface area (Å²) in [7, 11) is 0. The molecule has 1 aliphatic heterocycles. The number of nitrogens with one attached hydrogen (secondary N) is 1. The van der Waals surface area contributed by atoms with Gasteiger partial charge in [0, 0.05) is 24.0 Å². The molecule has 1 aliphatic carbocycles. The predicted octanol–water partition coefficient (Wildman–Crippen LogP) is 3.56. The quantitative estimate of drug-likeness (QED) is 0.743. The molecule has 7 heteroatoms. The number of nitrogens with zero attached hydrogens (tertiary/aromatic N) is 2. The Balaban J connectivity index is 1.50. The highest BCUT2D eigenvalue weighted by Crippen LogP contribution is 2.33. The summed E-state index contributed by atoms with van der Waals surface area (Å²) in [4.78, 5) is 31.5. The lowest BCUT2D eigenvalue weighted by Crippen LogP contribution is -2.57. The molecule has 4 rings (SSSR count). The van der Waals surface area contributed by atoms with Crippen LogP contribution in [0.2, 0.25) is 5.02 Å². The van der Waals surface area contributed by atoms with Crippen molar-refractivity contribution >= 4 is 29.5 Å². The monoisotopic (exact) mass is 425 g/mol. The number of amides is 2. The lowest BCUT2D eigenvalue weighted by atomic mass is 9.89. The van der Waals surface area contributed by atoms with Crippen LogP contribution in [0, 0.1) is 0 Å². The molecule has 1 saturated heterocycles. The van der Waals surface area contributed by atoms with E-state index in [-0.39, 0.29) is 36.3 Å². The predicted molar refractivity (Wildman–Crippen MR) is 114 cm³/mol. The molecule has 2 heterocycles. The fraction of sp³-hybridized carbons (Fsp3) is 0.348. The number of aromatic nitrogens is 1. The zero-order valence-electron chi connectivity index (χ0n) is 16.6. The molecule has 1 N–H and O–H groups in total. The molecule has 2 unspecified atom stereocenters. The van der Waals surface area contributed by atoms with Crippen molar-refractivity contribution in [3.63, 3.8) is 0 Å². The van der Waals surface area contributed by atoms with Crippen molar-refractivity contribution in [2.75, 3.05) is 6.54 Å². The van der Waals surface area contributed by atoms with Crippen LogP contribution in [0.5, 0.6) is 0 Å². The Labute approximate surface area is 180 Å². The number of rotatable bonds is 5. The Morgan fingerprint density at radius 3 is 2.93 bits per heavy atom. The fourth-order valence-electron chi connectivity index (χ4n) is 4.02. The Morgan fingerprint density at radius 1 is 1.27 bits per heavy atom. The van der Waals surface area contributed by atoms with E-state index in [1.807, 2.05) is 24.3 Å². The topological polar surface area (TPSA) is 71.5 Å². The van der Waals surface area contributed by atoms with E-state index in [4.69, 9.17) is 16.3 Å². The van der Waals surface area contributed by atoms with Gasteiger partial charge in [-0.2, -0.15) is 0 Å². The van der Waals surface area contributed by atoms with Gasteiger partial charge in [-0.3, -0.25) is 14.6 Å². The van der Waals surface area contributed by atoms with E-state index in [1.165, 1.54) is 0 Å². The second-order valence-corrected chi connectivity index (χ2v) is 8.08. The van der Waals surface area contributed by atoms with E-state index in [9.17, 15) is 9.59 Å². The summed E-state index contributed by atoms with van der Waals surface area (Å²) in [6.07, 6.45) is 8.82. The Bertz CT molecular complexity index is 948. The summed E-state index contributed by atoms with van der Waals surface area (Å²) in [5.41, 5.74) is 1.71. The highest BCUT2D eigenvalue weighted by molar-refractivity contribution is 6.30. The third-order valence-corrected chi connectivity index (χ3v) is 5.73. The van der Waals surface area contributed by atoms with Crippen LogP contribution in [-0.4, -0.2) is 40.4 Å². The number of hydrogen-bond acceptors (Lipinski definition) is 4. The first-order valence-corrected chi connectivity index (χ1v) is 10.6. The number of ether oxygens (including phenoxy) is 1. The van der Waals surface area contributed by atoms with Crippen molar-refractivity contribution in [1.82, 2.24) is 15.2 Å². The lowest BCUT2D eigenvalue weighted by Gasteiger charge is -2.44. The standard InChI is InChI=1S/C23H24ClN3O3/c24-18-7-3-5-16(11-18)12-21-23(29)27(19-8-1-2-9-20(19)30-21)15-22(28)26-14-17-6-4-10-25-13-17/h3-7,10-13,19-20H,1-2,8-9,14-15H2,(H,26,28)/b21-12+. The van der Waals surface area contributed by atoms with Crippen molar-refractivity contribution in [1.29, 1.82) is 0 Å². The normalized spacial score (nSPS) is 22.4. The first-order chi connectivity index (χ1) is 14.6. The van der Waals surface area contributed by atoms with Gasteiger partial charge < -0.3 is 15.0 Å². The smallest absolute Gasteiger partial charge is 0.289 e. The van der Waals surface area contributed by atoms with Crippen LogP contribution in [0.1, 0.15) is 36.8 Å². The molecule has 156 valence electrons. The first-order valence-electron chi connectivity index (χ1n) is 10.2. The maximum absolute atomic E-state index is 13.2. The van der Waals surface area contributed by atoms with Crippen LogP contribution >= 0.6 is 11.6 Å². The van der Waals surface area contributed by atoms with E-state index < -0.39 is 0 Å². The minimum atomic E-state index is -0.255. The maximum Gasteiger partial charge on any atom is 0.289 e. The van der Waals surface area contributed by atoms with Crippen LogP contribution < -0.4 is 5.32 Å². The third kappa shape index (κ3) is 4.82. The number of fused-ring (bicyclic) bond motifs is 1. The molecule has 2 aliphatic rings. The van der Waals surface area contributed by atoms with Gasteiger partial charge in [-0.25, -0.2) is 0 Å². The number of benzene rings is 1. The Morgan fingerprint density at radius 2 is 2.13 bits per heavy atom. The van der Waals surface area contributed by atoms with E-state index in [2.05, 4.69) is 10.3 Å². The average molecular weight is 426 g/mol. The first kappa shape index (κ1) is 20.4. The third-order valence-electron chi connectivity index (χ3n) is 5.49. The zero-order valence-corrected chi connectivity index (χ0v) is 17.3. The molecule has 2 atom stereocenters. The van der Waals surface area contributed by atoms with Gasteiger partial charge >= 0.3 is 0 Å². The van der Waals surface area contributed by atoms with Crippen LogP contribution in [0.4, 0.5) is 0 Å². The van der Waals surface area contributed by atoms with Crippen molar-refractivity contribution in [3.05, 3.63) is 70.7 Å². The molecule has 2 amide bonds. The number of carbonyl (C=O) groups excluding carboxylic acids is 2. The van der Waals surface area contributed by atoms with Gasteiger partial charge in [0.05, 0.1) is 6.04 Å². The van der Waals surface area contributed by atoms with Crippen molar-refractivity contribution < 1.29 is 14.3 Å². The van der Waals surface area contributed by atoms with Crippen LogP contribution in [0.15, 0.2) is 54.6 Å². The summed E-state index contributed by atoms with van der Waals surface area (Å²) < 4.78 is 6.07. The van der Waals surface area contributed by atoms with E-state index >= 15 is 0 Å². The number of halogens is 1. The zero-order chi connectivity index (χ0) is 20.9. The van der Waals surface area contributed by atoms with Gasteiger partial charge in [0.2, 0.25) is 5.91 Å². The number of pyridine rings is 1. The molecule has 0 spiro atoms. The van der Waals surface area contributed by atoms with Gasteiger partial charge in [0.15, 0.2) is 5.76 Å². The molecule has 0 bridgehead atoms. The fourth-order valence-corrected chi connectivity index (χ4v) is 4.22. The largest absolute Gasteiger partial charge is 0.482 e. The van der Waals surface area contributed by atoms with E-state index in [0.717, 1.165) is 36.8 Å². The molecule has 30 heavy (non-hydrogen) atoms. The molecule has 6 nitrogen and oxygen atoms in total.